The molecule has 0 atom stereocenters. The van der Waals surface area contributed by atoms with Gasteiger partial charge in [0.15, 0.2) is 0 Å². The molecule has 6 nitrogen and oxygen atoms in total. The molecule has 0 rings (SSSR count). The van der Waals surface area contributed by atoms with E-state index in [1.54, 1.807) is 0 Å². The predicted octanol–water partition coefficient (Wildman–Crippen LogP) is -1.67. The maximum atomic E-state index is 9.66. The molecular weight excluding hydrogens is 144 g/mol. The molecule has 0 fully saturated rings. The number of Topliss-reactive ketones (excluding diaryl/α,β-unsaturated/α-hetero) is 1. The van der Waals surface area contributed by atoms with E-state index in [0.29, 0.717) is 0 Å². The highest BCUT2D eigenvalue weighted by atomic mass is 16.4. The number of carbonyl (C=O) groups is 3. The van der Waals surface area contributed by atoms with Gasteiger partial charge in [-0.2, -0.15) is 0 Å². The van der Waals surface area contributed by atoms with Gasteiger partial charge in [-0.1, -0.05) is 0 Å². The van der Waals surface area contributed by atoms with Gasteiger partial charge in [-0.15, -0.1) is 0 Å². The molecule has 0 amide bonds. The van der Waals surface area contributed by atoms with Gasteiger partial charge < -0.3 is 15.3 Å². The van der Waals surface area contributed by atoms with Crippen molar-refractivity contribution in [2.45, 2.75) is 0 Å². The monoisotopic (exact) mass is 150 g/mol. The Morgan fingerprint density at radius 3 is 1.70 bits per heavy atom. The summed E-state index contributed by atoms with van der Waals surface area (Å²) in [6, 6.07) is 0. The fourth-order valence-electron chi connectivity index (χ4n) is 0.0676. The maximum absolute atomic E-state index is 9.66. The van der Waals surface area contributed by atoms with E-state index in [4.69, 9.17) is 20.1 Å². The highest BCUT2D eigenvalue weighted by Crippen LogP contribution is 1.65. The number of ketones is 1. The van der Waals surface area contributed by atoms with Gasteiger partial charge in [0.05, 0.1) is 0 Å². The summed E-state index contributed by atoms with van der Waals surface area (Å²) < 4.78 is 0. The van der Waals surface area contributed by atoms with Gasteiger partial charge in [0.2, 0.25) is 0 Å². The fraction of sp³-hybridized carbons (Fsp3) is 0.250. The summed E-state index contributed by atoms with van der Waals surface area (Å²) in [5.74, 6) is -2.78. The zero-order chi connectivity index (χ0) is 8.57. The van der Waals surface area contributed by atoms with E-state index in [1.807, 2.05) is 0 Å². The quantitative estimate of drug-likeness (QED) is 0.320. The molecule has 0 aliphatic rings. The van der Waals surface area contributed by atoms with Gasteiger partial charge in [0.25, 0.3) is 12.3 Å². The van der Waals surface area contributed by atoms with Gasteiger partial charge >= 0.3 is 5.97 Å². The fourth-order valence-corrected chi connectivity index (χ4v) is 0.0676. The summed E-state index contributed by atoms with van der Waals surface area (Å²) in [6.45, 7) is -1.17. The maximum Gasteiger partial charge on any atom is 0.374 e. The summed E-state index contributed by atoms with van der Waals surface area (Å²) in [5.41, 5.74) is 0. The van der Waals surface area contributed by atoms with Crippen LogP contribution in [-0.4, -0.2) is 40.2 Å². The Morgan fingerprint density at radius 2 is 1.70 bits per heavy atom. The first-order valence-corrected chi connectivity index (χ1v) is 2.05. The number of aliphatic hydroxyl groups excluding tert-OH is 1. The lowest BCUT2D eigenvalue weighted by Gasteiger charge is -1.80. The second kappa shape index (κ2) is 7.57. The second-order valence-corrected chi connectivity index (χ2v) is 0.992. The third-order valence-corrected chi connectivity index (χ3v) is 0.382. The van der Waals surface area contributed by atoms with Crippen molar-refractivity contribution in [3.63, 3.8) is 0 Å². The molecule has 6 heteroatoms. The van der Waals surface area contributed by atoms with Gasteiger partial charge in [0, 0.05) is 0 Å². The lowest BCUT2D eigenvalue weighted by atomic mass is 10.4. The Kier molecular flexibility index (Phi) is 8.61. The molecule has 10 heavy (non-hydrogen) atoms. The highest BCUT2D eigenvalue weighted by Gasteiger charge is 2.06. The van der Waals surface area contributed by atoms with Gasteiger partial charge in [-0.05, 0) is 0 Å². The lowest BCUT2D eigenvalue weighted by molar-refractivity contribution is -0.150. The molecule has 0 aromatic heterocycles. The number of rotatable bonds is 2. The third-order valence-electron chi connectivity index (χ3n) is 0.382. The Morgan fingerprint density at radius 1 is 1.40 bits per heavy atom. The number of hydrogen-bond acceptors (Lipinski definition) is 4. The summed E-state index contributed by atoms with van der Waals surface area (Å²) in [7, 11) is 0. The first kappa shape index (κ1) is 11.4. The standard InChI is InChI=1S/C3H4O4.CH2O2/c4-1-2(5)3(6)7;2-1-3/h4H,1H2,(H,6,7);1H,(H,2,3). The molecule has 0 radical (unpaired) electrons. The van der Waals surface area contributed by atoms with E-state index in [0.717, 1.165) is 0 Å². The Bertz CT molecular complexity index is 128. The van der Waals surface area contributed by atoms with Crippen molar-refractivity contribution in [3.05, 3.63) is 0 Å². The van der Waals surface area contributed by atoms with Crippen LogP contribution in [0.2, 0.25) is 0 Å². The van der Waals surface area contributed by atoms with Crippen molar-refractivity contribution >= 4 is 18.2 Å². The van der Waals surface area contributed by atoms with Crippen LogP contribution < -0.4 is 0 Å². The molecule has 0 aromatic rings. The first-order valence-electron chi connectivity index (χ1n) is 2.05. The number of aliphatic hydroxyl groups is 1. The van der Waals surface area contributed by atoms with Crippen molar-refractivity contribution in [1.29, 1.82) is 0 Å². The van der Waals surface area contributed by atoms with Crippen LogP contribution in [-0.2, 0) is 14.4 Å². The largest absolute Gasteiger partial charge is 0.483 e. The summed E-state index contributed by atoms with van der Waals surface area (Å²) >= 11 is 0. The SMILES string of the molecule is O=C(O)C(=O)CO.O=CO. The van der Waals surface area contributed by atoms with Gasteiger partial charge in [-0.3, -0.25) is 9.59 Å². The zero-order valence-electron chi connectivity index (χ0n) is 4.85. The molecule has 58 valence electrons. The summed E-state index contributed by atoms with van der Waals surface area (Å²) in [4.78, 5) is 27.4. The van der Waals surface area contributed by atoms with Crippen molar-refractivity contribution in [2.75, 3.05) is 6.61 Å². The third kappa shape index (κ3) is 9.76. The van der Waals surface area contributed by atoms with Gasteiger partial charge in [-0.25, -0.2) is 4.79 Å². The van der Waals surface area contributed by atoms with Crippen LogP contribution in [0.25, 0.3) is 0 Å². The second-order valence-electron chi connectivity index (χ2n) is 0.992. The molecule has 0 aromatic carbocycles. The molecule has 0 aliphatic carbocycles. The van der Waals surface area contributed by atoms with Gasteiger partial charge in [0.1, 0.15) is 6.61 Å². The van der Waals surface area contributed by atoms with Crippen LogP contribution in [0, 0.1) is 0 Å². The summed E-state index contributed by atoms with van der Waals surface area (Å²) in [5, 5.41) is 22.3. The molecular formula is C4H6O6. The molecule has 0 saturated heterocycles. The van der Waals surface area contributed by atoms with Crippen LogP contribution >= 0.6 is 0 Å². The Balaban J connectivity index is 0. The molecule has 0 heterocycles. The van der Waals surface area contributed by atoms with Crippen molar-refractivity contribution in [1.82, 2.24) is 0 Å². The van der Waals surface area contributed by atoms with Crippen LogP contribution in [0.1, 0.15) is 0 Å². The van der Waals surface area contributed by atoms with E-state index in [1.165, 1.54) is 0 Å². The number of hydrogen-bond donors (Lipinski definition) is 3. The molecule has 0 aliphatic heterocycles. The molecule has 0 unspecified atom stereocenters. The first-order chi connectivity index (χ1) is 4.59. The average molecular weight is 150 g/mol. The Labute approximate surface area is 55.7 Å². The number of aliphatic carboxylic acids is 1. The smallest absolute Gasteiger partial charge is 0.374 e. The Hall–Kier alpha value is -1.43. The molecule has 3 N–H and O–H groups in total. The zero-order valence-corrected chi connectivity index (χ0v) is 4.85. The number of carbonyl (C=O) groups excluding carboxylic acids is 1. The van der Waals surface area contributed by atoms with E-state index in [-0.39, 0.29) is 6.47 Å². The van der Waals surface area contributed by atoms with E-state index in [9.17, 15) is 9.59 Å². The number of carboxylic acids is 1. The minimum atomic E-state index is -1.59. The number of carboxylic acid groups (broad SMARTS) is 2. The highest BCUT2D eigenvalue weighted by molar-refractivity contribution is 6.33. The van der Waals surface area contributed by atoms with Crippen molar-refractivity contribution in [3.8, 4) is 0 Å². The van der Waals surface area contributed by atoms with E-state index >= 15 is 0 Å². The molecule has 0 bridgehead atoms. The van der Waals surface area contributed by atoms with Crippen LogP contribution in [0.5, 0.6) is 0 Å². The van der Waals surface area contributed by atoms with Crippen LogP contribution in [0.4, 0.5) is 0 Å². The van der Waals surface area contributed by atoms with Crippen LogP contribution in [0.3, 0.4) is 0 Å². The molecule has 0 spiro atoms. The molecule has 0 saturated carbocycles. The topological polar surface area (TPSA) is 112 Å². The summed E-state index contributed by atoms with van der Waals surface area (Å²) in [6.07, 6.45) is 0. The minimum Gasteiger partial charge on any atom is -0.483 e. The average Bonchev–Trinajstić information content (AvgIpc) is 1.88. The normalized spacial score (nSPS) is 6.90. The van der Waals surface area contributed by atoms with Crippen molar-refractivity contribution in [2.24, 2.45) is 0 Å². The van der Waals surface area contributed by atoms with E-state index < -0.39 is 18.4 Å². The predicted molar refractivity (Wildman–Crippen MR) is 28.4 cm³/mol. The van der Waals surface area contributed by atoms with E-state index in [2.05, 4.69) is 0 Å². The van der Waals surface area contributed by atoms with Crippen molar-refractivity contribution < 1.29 is 29.7 Å². The lowest BCUT2D eigenvalue weighted by Crippen LogP contribution is -2.15. The van der Waals surface area contributed by atoms with Crippen LogP contribution in [0.15, 0.2) is 0 Å². The minimum absolute atomic E-state index is 0.250.